The first kappa shape index (κ1) is 27.7. The number of hydrogen-bond acceptors (Lipinski definition) is 8. The third kappa shape index (κ3) is 6.68. The van der Waals surface area contributed by atoms with Crippen molar-refractivity contribution in [2.45, 2.75) is 107 Å². The molecule has 7 N–H and O–H groups in total. The van der Waals surface area contributed by atoms with Crippen molar-refractivity contribution in [3.63, 3.8) is 0 Å². The Balaban J connectivity index is 1.13. The zero-order valence-electron chi connectivity index (χ0n) is 22.8. The zero-order valence-corrected chi connectivity index (χ0v) is 22.8. The zero-order chi connectivity index (χ0) is 25.7. The molecule has 37 heavy (non-hydrogen) atoms. The Labute approximate surface area is 223 Å². The lowest BCUT2D eigenvalue weighted by Crippen LogP contribution is -2.61. The fourth-order valence-electron chi connectivity index (χ4n) is 7.91. The van der Waals surface area contributed by atoms with Crippen LogP contribution in [0.3, 0.4) is 0 Å². The normalized spacial score (nSPS) is 36.8. The lowest BCUT2D eigenvalue weighted by molar-refractivity contribution is -0.131. The number of carbonyl (C=O) groups excluding carboxylic acids is 1. The predicted octanol–water partition coefficient (Wildman–Crippen LogP) is 1.26. The van der Waals surface area contributed by atoms with Crippen molar-refractivity contribution in [2.24, 2.45) is 29.2 Å². The Morgan fingerprint density at radius 3 is 2.68 bits per heavy atom. The van der Waals surface area contributed by atoms with Gasteiger partial charge in [0, 0.05) is 56.3 Å². The topological polar surface area (TPSA) is 127 Å². The van der Waals surface area contributed by atoms with Crippen LogP contribution in [0.1, 0.15) is 77.0 Å². The average Bonchev–Trinajstić information content (AvgIpc) is 3.11. The molecule has 0 radical (unpaired) electrons. The molecule has 0 aromatic carbocycles. The van der Waals surface area contributed by atoms with E-state index >= 15 is 0 Å². The molecule has 5 rings (SSSR count). The molecule has 3 heterocycles. The molecule has 212 valence electrons. The molecule has 6 unspecified atom stereocenters. The smallest absolute Gasteiger partial charge is 0.223 e. The van der Waals surface area contributed by atoms with Crippen molar-refractivity contribution in [3.05, 3.63) is 0 Å². The van der Waals surface area contributed by atoms with E-state index in [1.54, 1.807) is 0 Å². The van der Waals surface area contributed by atoms with Crippen LogP contribution < -0.4 is 27.4 Å². The van der Waals surface area contributed by atoms with Crippen LogP contribution in [-0.2, 0) is 14.3 Å². The van der Waals surface area contributed by atoms with Gasteiger partial charge < -0.3 is 36.9 Å². The molecule has 5 aliphatic rings. The molecule has 2 saturated carbocycles. The first-order valence-electron chi connectivity index (χ1n) is 15.3. The third-order valence-corrected chi connectivity index (χ3v) is 10.2. The highest BCUT2D eigenvalue weighted by atomic mass is 16.5. The molecule has 0 aromatic rings. The highest BCUT2D eigenvalue weighted by Gasteiger charge is 2.43. The number of piperidine rings is 1. The maximum Gasteiger partial charge on any atom is 0.223 e. The van der Waals surface area contributed by atoms with E-state index in [1.807, 2.05) is 0 Å². The van der Waals surface area contributed by atoms with Gasteiger partial charge in [-0.1, -0.05) is 25.7 Å². The van der Waals surface area contributed by atoms with E-state index in [0.717, 1.165) is 77.8 Å². The monoisotopic (exact) mass is 520 g/mol. The summed E-state index contributed by atoms with van der Waals surface area (Å²) in [4.78, 5) is 15.8. The maximum absolute atomic E-state index is 13.6. The van der Waals surface area contributed by atoms with Gasteiger partial charge in [0.1, 0.15) is 0 Å². The summed E-state index contributed by atoms with van der Waals surface area (Å²) in [5, 5.41) is 10.8. The molecule has 6 atom stereocenters. The summed E-state index contributed by atoms with van der Waals surface area (Å²) in [6, 6.07) is 0.321. The molecule has 3 saturated heterocycles. The summed E-state index contributed by atoms with van der Waals surface area (Å²) in [7, 11) is 0. The summed E-state index contributed by atoms with van der Waals surface area (Å²) in [6.45, 7) is 5.52. The Kier molecular flexibility index (Phi) is 9.77. The second-order valence-electron chi connectivity index (χ2n) is 12.4. The van der Waals surface area contributed by atoms with Gasteiger partial charge in [0.05, 0.1) is 25.0 Å². The number of nitrogens with two attached hydrogens (primary N) is 2. The van der Waals surface area contributed by atoms with E-state index in [4.69, 9.17) is 20.9 Å². The molecule has 9 nitrogen and oxygen atoms in total. The minimum atomic E-state index is -0.154. The van der Waals surface area contributed by atoms with Gasteiger partial charge in [-0.25, -0.2) is 0 Å². The molecule has 2 aliphatic carbocycles. The van der Waals surface area contributed by atoms with E-state index in [0.29, 0.717) is 31.0 Å². The number of nitrogens with one attached hydrogen (secondary N) is 3. The van der Waals surface area contributed by atoms with E-state index in [2.05, 4.69) is 20.9 Å². The second kappa shape index (κ2) is 13.0. The van der Waals surface area contributed by atoms with Crippen LogP contribution in [0.15, 0.2) is 0 Å². The van der Waals surface area contributed by atoms with Crippen LogP contribution in [0.5, 0.6) is 0 Å². The van der Waals surface area contributed by atoms with E-state index in [9.17, 15) is 4.79 Å². The first-order chi connectivity index (χ1) is 18.1. The average molecular weight is 521 g/mol. The molecule has 5 fully saturated rings. The van der Waals surface area contributed by atoms with Crippen LogP contribution in [0, 0.1) is 17.8 Å². The Morgan fingerprint density at radius 2 is 1.86 bits per heavy atom. The van der Waals surface area contributed by atoms with Crippen molar-refractivity contribution in [1.82, 2.24) is 20.9 Å². The number of amides is 1. The van der Waals surface area contributed by atoms with Crippen LogP contribution in [0.4, 0.5) is 0 Å². The highest BCUT2D eigenvalue weighted by Crippen LogP contribution is 2.39. The van der Waals surface area contributed by atoms with Crippen LogP contribution in [0.25, 0.3) is 0 Å². The summed E-state index contributed by atoms with van der Waals surface area (Å²) in [6.07, 6.45) is 13.4. The number of carbonyl (C=O) groups is 1. The SMILES string of the molecule is NC(CNC1CCCC(C(=O)NC2(C3CCCCC3)CCOCC2)C1)N1CCOC2CNCCC2C1N. The molecule has 0 bridgehead atoms. The minimum absolute atomic E-state index is 0.0596. The van der Waals surface area contributed by atoms with Gasteiger partial charge in [0.25, 0.3) is 0 Å². The maximum atomic E-state index is 13.6. The van der Waals surface area contributed by atoms with E-state index in [1.165, 1.54) is 32.1 Å². The fourth-order valence-corrected chi connectivity index (χ4v) is 7.91. The Bertz CT molecular complexity index is 729. The van der Waals surface area contributed by atoms with Crippen molar-refractivity contribution >= 4 is 5.91 Å². The number of hydrogen-bond donors (Lipinski definition) is 5. The molecule has 9 heteroatoms. The third-order valence-electron chi connectivity index (χ3n) is 10.2. The molecule has 1 amide bonds. The van der Waals surface area contributed by atoms with Crippen molar-refractivity contribution in [2.75, 3.05) is 46.0 Å². The van der Waals surface area contributed by atoms with Crippen molar-refractivity contribution in [1.29, 1.82) is 0 Å². The van der Waals surface area contributed by atoms with Crippen LogP contribution >= 0.6 is 0 Å². The summed E-state index contributed by atoms with van der Waals surface area (Å²) < 4.78 is 11.8. The van der Waals surface area contributed by atoms with Gasteiger partial charge in [0.15, 0.2) is 0 Å². The molecule has 3 aliphatic heterocycles. The number of rotatable bonds is 7. The van der Waals surface area contributed by atoms with Gasteiger partial charge in [-0.2, -0.15) is 0 Å². The minimum Gasteiger partial charge on any atom is -0.381 e. The molecular formula is C28H52N6O3. The van der Waals surface area contributed by atoms with Crippen molar-refractivity contribution < 1.29 is 14.3 Å². The van der Waals surface area contributed by atoms with Gasteiger partial charge in [-0.3, -0.25) is 9.69 Å². The number of ether oxygens (including phenoxy) is 2. The summed E-state index contributed by atoms with van der Waals surface area (Å²) >= 11 is 0. The van der Waals surface area contributed by atoms with Crippen LogP contribution in [0.2, 0.25) is 0 Å². The van der Waals surface area contributed by atoms with Crippen LogP contribution in [-0.4, -0.2) is 86.8 Å². The second-order valence-corrected chi connectivity index (χ2v) is 12.4. The highest BCUT2D eigenvalue weighted by molar-refractivity contribution is 5.79. The van der Waals surface area contributed by atoms with Crippen molar-refractivity contribution in [3.8, 4) is 0 Å². The lowest BCUT2D eigenvalue weighted by Gasteiger charge is -2.46. The molecule has 0 spiro atoms. The van der Waals surface area contributed by atoms with Gasteiger partial charge in [0.2, 0.25) is 5.91 Å². The lowest BCUT2D eigenvalue weighted by atomic mass is 9.70. The van der Waals surface area contributed by atoms with Gasteiger partial charge >= 0.3 is 0 Å². The van der Waals surface area contributed by atoms with E-state index < -0.39 is 0 Å². The standard InChI is InChI=1S/C28H52N6O3/c29-25(34-13-16-37-24-18-31-12-9-23(24)26(34)30)19-32-22-8-4-5-20(17-22)27(35)33-28(10-14-36-15-11-28)21-6-2-1-3-7-21/h20-26,31-32H,1-19,29-30H2,(H,33,35). The number of nitrogens with zero attached hydrogens (tertiary/aromatic N) is 1. The Hall–Kier alpha value is -0.810. The summed E-state index contributed by atoms with van der Waals surface area (Å²) in [5.74, 6) is 1.27. The first-order valence-corrected chi connectivity index (χ1v) is 15.3. The number of fused-ring (bicyclic) bond motifs is 1. The molecular weight excluding hydrogens is 468 g/mol. The van der Waals surface area contributed by atoms with E-state index in [-0.39, 0.29) is 35.8 Å². The fraction of sp³-hybridized carbons (Fsp3) is 0.964. The Morgan fingerprint density at radius 1 is 1.05 bits per heavy atom. The van der Waals surface area contributed by atoms with Gasteiger partial charge in [-0.05, 0) is 63.8 Å². The largest absolute Gasteiger partial charge is 0.381 e. The van der Waals surface area contributed by atoms with Gasteiger partial charge in [-0.15, -0.1) is 0 Å². The molecule has 0 aromatic heterocycles. The quantitative estimate of drug-likeness (QED) is 0.340. The summed E-state index contributed by atoms with van der Waals surface area (Å²) in [5.41, 5.74) is 13.3. The predicted molar refractivity (Wildman–Crippen MR) is 145 cm³/mol.